The fraction of sp³-hybridized carbons (Fsp3) is 0.909. The van der Waals surface area contributed by atoms with Crippen molar-refractivity contribution in [3.63, 3.8) is 0 Å². The average molecular weight is 359 g/mol. The van der Waals surface area contributed by atoms with Crippen LogP contribution in [0.3, 0.4) is 0 Å². The van der Waals surface area contributed by atoms with Gasteiger partial charge in [-0.15, -0.1) is 24.0 Å². The van der Waals surface area contributed by atoms with Gasteiger partial charge in [0.25, 0.3) is 0 Å². The number of nitrogens with zero attached hydrogens (tertiary/aromatic N) is 1. The summed E-state index contributed by atoms with van der Waals surface area (Å²) < 4.78 is 0. The van der Waals surface area contributed by atoms with E-state index in [0.29, 0.717) is 11.2 Å². The maximum atomic E-state index is 5.72. The van der Waals surface area contributed by atoms with E-state index < -0.39 is 0 Å². The van der Waals surface area contributed by atoms with E-state index in [1.54, 1.807) is 0 Å². The van der Waals surface area contributed by atoms with Gasteiger partial charge in [-0.25, -0.2) is 0 Å². The van der Waals surface area contributed by atoms with Crippen molar-refractivity contribution in [2.75, 3.05) is 19.3 Å². The average Bonchev–Trinajstić information content (AvgIpc) is 2.25. The van der Waals surface area contributed by atoms with Crippen molar-refractivity contribution in [1.82, 2.24) is 5.32 Å². The normalized spacial score (nSPS) is 13.1. The van der Waals surface area contributed by atoms with Gasteiger partial charge in [0.2, 0.25) is 0 Å². The molecular weight excluding hydrogens is 333 g/mol. The molecule has 0 bridgehead atoms. The lowest BCUT2D eigenvalue weighted by Gasteiger charge is -2.07. The van der Waals surface area contributed by atoms with Crippen molar-refractivity contribution >= 4 is 41.7 Å². The Labute approximate surface area is 121 Å². The number of hydrogen-bond donors (Lipinski definition) is 2. The lowest BCUT2D eigenvalue weighted by molar-refractivity contribution is 0.652. The van der Waals surface area contributed by atoms with Crippen LogP contribution >= 0.6 is 35.7 Å². The third-order valence-electron chi connectivity index (χ3n) is 2.26. The molecule has 0 saturated heterocycles. The van der Waals surface area contributed by atoms with E-state index in [4.69, 9.17) is 5.73 Å². The van der Waals surface area contributed by atoms with E-state index in [1.165, 1.54) is 25.7 Å². The van der Waals surface area contributed by atoms with E-state index in [0.717, 1.165) is 13.1 Å². The quantitative estimate of drug-likeness (QED) is 0.303. The smallest absolute Gasteiger partial charge is 0.188 e. The Morgan fingerprint density at radius 1 is 1.38 bits per heavy atom. The predicted octanol–water partition coefficient (Wildman–Crippen LogP) is 2.84. The van der Waals surface area contributed by atoms with Crippen molar-refractivity contribution in [2.24, 2.45) is 10.7 Å². The zero-order valence-corrected chi connectivity index (χ0v) is 13.8. The van der Waals surface area contributed by atoms with Gasteiger partial charge < -0.3 is 11.1 Å². The van der Waals surface area contributed by atoms with Gasteiger partial charge >= 0.3 is 0 Å². The highest BCUT2D eigenvalue weighted by Gasteiger charge is 1.97. The van der Waals surface area contributed by atoms with Gasteiger partial charge in [-0.2, -0.15) is 11.8 Å². The first kappa shape index (κ1) is 18.7. The monoisotopic (exact) mass is 359 g/mol. The predicted molar refractivity (Wildman–Crippen MR) is 87.0 cm³/mol. The largest absolute Gasteiger partial charge is 0.370 e. The number of thioether (sulfide) groups is 1. The van der Waals surface area contributed by atoms with E-state index in [9.17, 15) is 0 Å². The molecule has 0 heterocycles. The minimum atomic E-state index is 0. The second-order valence-electron chi connectivity index (χ2n) is 3.76. The molecule has 0 aromatic rings. The highest BCUT2D eigenvalue weighted by molar-refractivity contribution is 14.0. The second-order valence-corrected chi connectivity index (χ2v) is 5.04. The summed E-state index contributed by atoms with van der Waals surface area (Å²) in [5, 5.41) is 3.69. The van der Waals surface area contributed by atoms with Crippen molar-refractivity contribution < 1.29 is 0 Å². The maximum absolute atomic E-state index is 5.72. The number of nitrogens with one attached hydrogen (secondary N) is 1. The van der Waals surface area contributed by atoms with Crippen LogP contribution in [0, 0.1) is 0 Å². The molecule has 3 N–H and O–H groups in total. The van der Waals surface area contributed by atoms with Crippen LogP contribution in [0.15, 0.2) is 4.99 Å². The number of aliphatic imine (C=N–C) groups is 1. The Bertz CT molecular complexity index is 177. The summed E-state index contributed by atoms with van der Waals surface area (Å²) in [7, 11) is 0. The lowest BCUT2D eigenvalue weighted by atomic mass is 10.2. The molecule has 98 valence electrons. The topological polar surface area (TPSA) is 50.4 Å². The molecule has 5 heteroatoms. The first-order valence-electron chi connectivity index (χ1n) is 5.77. The molecule has 0 rings (SSSR count). The van der Waals surface area contributed by atoms with Crippen LogP contribution < -0.4 is 11.1 Å². The first-order valence-corrected chi connectivity index (χ1v) is 7.06. The van der Waals surface area contributed by atoms with Crippen LogP contribution in [0.1, 0.15) is 39.5 Å². The SMILES string of the molecule is CCCCCCNC(N)=NCC(C)SC.I. The summed E-state index contributed by atoms with van der Waals surface area (Å²) >= 11 is 1.81. The summed E-state index contributed by atoms with van der Waals surface area (Å²) in [6, 6.07) is 0. The molecule has 16 heavy (non-hydrogen) atoms. The number of rotatable bonds is 8. The highest BCUT2D eigenvalue weighted by atomic mass is 127. The molecule has 0 aliphatic heterocycles. The molecule has 0 aromatic heterocycles. The molecule has 3 nitrogen and oxygen atoms in total. The van der Waals surface area contributed by atoms with E-state index in [1.807, 2.05) is 11.8 Å². The number of unbranched alkanes of at least 4 members (excludes halogenated alkanes) is 3. The summed E-state index contributed by atoms with van der Waals surface area (Å²) in [6.07, 6.45) is 7.13. The zero-order chi connectivity index (χ0) is 11.5. The van der Waals surface area contributed by atoms with Crippen LogP contribution in [0.5, 0.6) is 0 Å². The number of nitrogens with two attached hydrogens (primary N) is 1. The third kappa shape index (κ3) is 12.4. The summed E-state index contributed by atoms with van der Waals surface area (Å²) in [5.41, 5.74) is 5.72. The van der Waals surface area contributed by atoms with Crippen molar-refractivity contribution in [1.29, 1.82) is 0 Å². The first-order chi connectivity index (χ1) is 7.20. The van der Waals surface area contributed by atoms with E-state index in [2.05, 4.69) is 30.4 Å². The van der Waals surface area contributed by atoms with Gasteiger partial charge in [0.05, 0.1) is 6.54 Å². The molecule has 0 aliphatic carbocycles. The summed E-state index contributed by atoms with van der Waals surface area (Å²) in [6.45, 7) is 6.12. The maximum Gasteiger partial charge on any atom is 0.188 e. The molecule has 0 amide bonds. The Hall–Kier alpha value is 0.350. The van der Waals surface area contributed by atoms with Crippen LogP contribution in [0.25, 0.3) is 0 Å². The zero-order valence-electron chi connectivity index (χ0n) is 10.7. The van der Waals surface area contributed by atoms with E-state index >= 15 is 0 Å². The molecule has 1 unspecified atom stereocenters. The van der Waals surface area contributed by atoms with E-state index in [-0.39, 0.29) is 24.0 Å². The number of guanidine groups is 1. The molecule has 0 fully saturated rings. The Kier molecular flexibility index (Phi) is 15.7. The molecular formula is C11H26IN3S. The minimum Gasteiger partial charge on any atom is -0.370 e. The van der Waals surface area contributed by atoms with Gasteiger partial charge in [-0.3, -0.25) is 4.99 Å². The van der Waals surface area contributed by atoms with Crippen LogP contribution in [0.4, 0.5) is 0 Å². The fourth-order valence-corrected chi connectivity index (χ4v) is 1.35. The van der Waals surface area contributed by atoms with Crippen molar-refractivity contribution in [3.05, 3.63) is 0 Å². The number of halogens is 1. The standard InChI is InChI=1S/C11H25N3S.HI/c1-4-5-6-7-8-13-11(12)14-9-10(2)15-3;/h10H,4-9H2,1-3H3,(H3,12,13,14);1H. The molecule has 0 aliphatic rings. The Balaban J connectivity index is 0. The van der Waals surface area contributed by atoms with Crippen LogP contribution in [-0.2, 0) is 0 Å². The van der Waals surface area contributed by atoms with Gasteiger partial charge in [-0.1, -0.05) is 33.1 Å². The number of hydrogen-bond acceptors (Lipinski definition) is 2. The second kappa shape index (κ2) is 13.4. The Morgan fingerprint density at radius 2 is 2.06 bits per heavy atom. The Morgan fingerprint density at radius 3 is 2.62 bits per heavy atom. The van der Waals surface area contributed by atoms with Crippen LogP contribution in [-0.4, -0.2) is 30.6 Å². The highest BCUT2D eigenvalue weighted by Crippen LogP contribution is 2.04. The van der Waals surface area contributed by atoms with Gasteiger partial charge in [-0.05, 0) is 12.7 Å². The van der Waals surface area contributed by atoms with Crippen LogP contribution in [0.2, 0.25) is 0 Å². The minimum absolute atomic E-state index is 0. The van der Waals surface area contributed by atoms with Gasteiger partial charge in [0.1, 0.15) is 0 Å². The fourth-order valence-electron chi connectivity index (χ4n) is 1.13. The molecule has 0 radical (unpaired) electrons. The molecule has 0 saturated carbocycles. The molecule has 1 atom stereocenters. The van der Waals surface area contributed by atoms with Crippen molar-refractivity contribution in [2.45, 2.75) is 44.8 Å². The summed E-state index contributed by atoms with van der Waals surface area (Å²) in [4.78, 5) is 4.28. The van der Waals surface area contributed by atoms with Crippen molar-refractivity contribution in [3.8, 4) is 0 Å². The van der Waals surface area contributed by atoms with Gasteiger partial charge in [0, 0.05) is 11.8 Å². The molecule has 0 spiro atoms. The lowest BCUT2D eigenvalue weighted by Crippen LogP contribution is -2.33. The third-order valence-corrected chi connectivity index (χ3v) is 3.21. The molecule has 0 aromatic carbocycles. The van der Waals surface area contributed by atoms with Gasteiger partial charge in [0.15, 0.2) is 5.96 Å². The summed E-state index contributed by atoms with van der Waals surface area (Å²) in [5.74, 6) is 0.590.